The summed E-state index contributed by atoms with van der Waals surface area (Å²) in [5, 5.41) is 0. The zero-order valence-corrected chi connectivity index (χ0v) is 11.5. The molecule has 0 aliphatic carbocycles. The molecule has 0 N–H and O–H groups in total. The van der Waals surface area contributed by atoms with Crippen molar-refractivity contribution in [3.05, 3.63) is 35.1 Å². The van der Waals surface area contributed by atoms with Crippen molar-refractivity contribution in [2.24, 2.45) is 5.92 Å². The van der Waals surface area contributed by atoms with Crippen LogP contribution in [0.2, 0.25) is 0 Å². The number of carbonyl (C=O) groups is 2. The number of rotatable bonds is 6. The SMILES string of the molecule is CCCC(C(=O)OCC)C(=O)c1ccc(F)cc1C. The molecule has 0 saturated heterocycles. The minimum absolute atomic E-state index is 0.245. The van der Waals surface area contributed by atoms with Crippen molar-refractivity contribution in [3.63, 3.8) is 0 Å². The second-order valence-corrected chi connectivity index (χ2v) is 4.42. The third-order valence-electron chi connectivity index (χ3n) is 2.92. The van der Waals surface area contributed by atoms with E-state index in [1.54, 1.807) is 13.8 Å². The van der Waals surface area contributed by atoms with Crippen molar-refractivity contribution in [1.82, 2.24) is 0 Å². The number of ketones is 1. The highest BCUT2D eigenvalue weighted by molar-refractivity contribution is 6.09. The van der Waals surface area contributed by atoms with Crippen LogP contribution in [0.25, 0.3) is 0 Å². The van der Waals surface area contributed by atoms with Crippen molar-refractivity contribution in [2.45, 2.75) is 33.6 Å². The summed E-state index contributed by atoms with van der Waals surface area (Å²) in [4.78, 5) is 24.2. The van der Waals surface area contributed by atoms with E-state index >= 15 is 0 Å². The minimum atomic E-state index is -0.797. The van der Waals surface area contributed by atoms with E-state index in [0.29, 0.717) is 24.0 Å². The molecule has 0 heterocycles. The van der Waals surface area contributed by atoms with Crippen LogP contribution < -0.4 is 0 Å². The molecule has 0 aromatic heterocycles. The number of hydrogen-bond acceptors (Lipinski definition) is 3. The van der Waals surface area contributed by atoms with Crippen LogP contribution in [0, 0.1) is 18.7 Å². The Kier molecular flexibility index (Phi) is 5.67. The summed E-state index contributed by atoms with van der Waals surface area (Å²) in [7, 11) is 0. The highest BCUT2D eigenvalue weighted by Crippen LogP contribution is 2.19. The second-order valence-electron chi connectivity index (χ2n) is 4.42. The monoisotopic (exact) mass is 266 g/mol. The van der Waals surface area contributed by atoms with Gasteiger partial charge in [0, 0.05) is 5.56 Å². The van der Waals surface area contributed by atoms with Gasteiger partial charge >= 0.3 is 5.97 Å². The third-order valence-corrected chi connectivity index (χ3v) is 2.92. The van der Waals surface area contributed by atoms with Crippen LogP contribution in [0.15, 0.2) is 18.2 Å². The van der Waals surface area contributed by atoms with Gasteiger partial charge in [-0.3, -0.25) is 9.59 Å². The first kappa shape index (κ1) is 15.3. The van der Waals surface area contributed by atoms with Crippen LogP contribution in [0.4, 0.5) is 4.39 Å². The average Bonchev–Trinajstić information content (AvgIpc) is 2.35. The fourth-order valence-corrected chi connectivity index (χ4v) is 1.98. The first-order chi connectivity index (χ1) is 9.01. The van der Waals surface area contributed by atoms with Gasteiger partial charge in [-0.1, -0.05) is 13.3 Å². The highest BCUT2D eigenvalue weighted by atomic mass is 19.1. The second kappa shape index (κ2) is 7.02. The quantitative estimate of drug-likeness (QED) is 0.451. The number of esters is 1. The van der Waals surface area contributed by atoms with Gasteiger partial charge in [-0.05, 0) is 44.0 Å². The zero-order valence-electron chi connectivity index (χ0n) is 11.5. The Morgan fingerprint density at radius 2 is 2.00 bits per heavy atom. The molecule has 0 aliphatic heterocycles. The van der Waals surface area contributed by atoms with Crippen molar-refractivity contribution < 1.29 is 18.7 Å². The Hall–Kier alpha value is -1.71. The molecule has 4 heteroatoms. The van der Waals surface area contributed by atoms with Gasteiger partial charge in [-0.2, -0.15) is 0 Å². The summed E-state index contributed by atoms with van der Waals surface area (Å²) in [6.45, 7) is 5.50. The van der Waals surface area contributed by atoms with Crippen molar-refractivity contribution in [1.29, 1.82) is 0 Å². The molecular weight excluding hydrogens is 247 g/mol. The number of carbonyl (C=O) groups excluding carboxylic acids is 2. The van der Waals surface area contributed by atoms with E-state index in [9.17, 15) is 14.0 Å². The van der Waals surface area contributed by atoms with Gasteiger partial charge < -0.3 is 4.74 Å². The molecule has 1 aromatic carbocycles. The Morgan fingerprint density at radius 3 is 2.53 bits per heavy atom. The summed E-state index contributed by atoms with van der Waals surface area (Å²) in [5.41, 5.74) is 0.920. The zero-order chi connectivity index (χ0) is 14.4. The molecule has 0 aliphatic rings. The molecule has 1 rings (SSSR count). The normalized spacial score (nSPS) is 12.0. The van der Waals surface area contributed by atoms with E-state index < -0.39 is 17.7 Å². The molecule has 0 amide bonds. The molecule has 104 valence electrons. The van der Waals surface area contributed by atoms with Crippen molar-refractivity contribution in [2.75, 3.05) is 6.61 Å². The molecule has 1 atom stereocenters. The lowest BCUT2D eigenvalue weighted by Gasteiger charge is -2.15. The smallest absolute Gasteiger partial charge is 0.316 e. The van der Waals surface area contributed by atoms with Gasteiger partial charge in [0.25, 0.3) is 0 Å². The summed E-state index contributed by atoms with van der Waals surface area (Å²) in [5.74, 6) is -1.98. The number of hydrogen-bond donors (Lipinski definition) is 0. The molecule has 0 spiro atoms. The van der Waals surface area contributed by atoms with E-state index in [4.69, 9.17) is 4.74 Å². The molecule has 1 unspecified atom stereocenters. The lowest BCUT2D eigenvalue weighted by Crippen LogP contribution is -2.26. The van der Waals surface area contributed by atoms with Crippen LogP contribution >= 0.6 is 0 Å². The van der Waals surface area contributed by atoms with Gasteiger partial charge in [0.1, 0.15) is 11.7 Å². The largest absolute Gasteiger partial charge is 0.465 e. The first-order valence-corrected chi connectivity index (χ1v) is 6.48. The molecule has 0 fully saturated rings. The summed E-state index contributed by atoms with van der Waals surface area (Å²) < 4.78 is 18.0. The third kappa shape index (κ3) is 3.88. The summed E-state index contributed by atoms with van der Waals surface area (Å²) in [6.07, 6.45) is 1.14. The molecule has 3 nitrogen and oxygen atoms in total. The van der Waals surface area contributed by atoms with Crippen molar-refractivity contribution >= 4 is 11.8 Å². The number of halogens is 1. The minimum Gasteiger partial charge on any atom is -0.465 e. The predicted octanol–water partition coefficient (Wildman–Crippen LogP) is 3.30. The molecule has 1 aromatic rings. The molecule has 19 heavy (non-hydrogen) atoms. The fraction of sp³-hybridized carbons (Fsp3) is 0.467. The standard InChI is InChI=1S/C15H19FO3/c1-4-6-13(15(18)19-5-2)14(17)12-8-7-11(16)9-10(12)3/h7-9,13H,4-6H2,1-3H3. The lowest BCUT2D eigenvalue weighted by molar-refractivity contribution is -0.146. The van der Waals surface area contributed by atoms with Crippen LogP contribution in [0.5, 0.6) is 0 Å². The Balaban J connectivity index is 3.02. The Bertz CT molecular complexity index is 468. The predicted molar refractivity (Wildman–Crippen MR) is 70.5 cm³/mol. The lowest BCUT2D eigenvalue weighted by atomic mass is 9.91. The average molecular weight is 266 g/mol. The Labute approximate surface area is 112 Å². The number of aryl methyl sites for hydroxylation is 1. The van der Waals surface area contributed by atoms with Crippen molar-refractivity contribution in [3.8, 4) is 0 Å². The van der Waals surface area contributed by atoms with E-state index in [2.05, 4.69) is 0 Å². The maximum absolute atomic E-state index is 13.0. The molecule has 0 bridgehead atoms. The molecular formula is C15H19FO3. The highest BCUT2D eigenvalue weighted by Gasteiger charge is 2.28. The van der Waals surface area contributed by atoms with Gasteiger partial charge in [-0.25, -0.2) is 4.39 Å². The van der Waals surface area contributed by atoms with Gasteiger partial charge in [-0.15, -0.1) is 0 Å². The Morgan fingerprint density at radius 1 is 1.32 bits per heavy atom. The first-order valence-electron chi connectivity index (χ1n) is 6.48. The number of benzene rings is 1. The van der Waals surface area contributed by atoms with Gasteiger partial charge in [0.05, 0.1) is 6.61 Å². The fourth-order valence-electron chi connectivity index (χ4n) is 1.98. The summed E-state index contributed by atoms with van der Waals surface area (Å²) in [6, 6.07) is 3.95. The topological polar surface area (TPSA) is 43.4 Å². The van der Waals surface area contributed by atoms with Crippen LogP contribution in [0.3, 0.4) is 0 Å². The summed E-state index contributed by atoms with van der Waals surface area (Å²) >= 11 is 0. The number of ether oxygens (including phenoxy) is 1. The van der Waals surface area contributed by atoms with E-state index in [1.807, 2.05) is 6.92 Å². The molecule has 0 saturated carbocycles. The van der Waals surface area contributed by atoms with E-state index in [1.165, 1.54) is 18.2 Å². The van der Waals surface area contributed by atoms with Crippen LogP contribution in [-0.2, 0) is 9.53 Å². The maximum atomic E-state index is 13.0. The number of Topliss-reactive ketones (excluding diaryl/α,β-unsaturated/α-hetero) is 1. The van der Waals surface area contributed by atoms with Gasteiger partial charge in [0.15, 0.2) is 5.78 Å². The van der Waals surface area contributed by atoms with E-state index in [0.717, 1.165) is 0 Å². The van der Waals surface area contributed by atoms with Gasteiger partial charge in [0.2, 0.25) is 0 Å². The van der Waals surface area contributed by atoms with E-state index in [-0.39, 0.29) is 12.4 Å². The maximum Gasteiger partial charge on any atom is 0.316 e. The molecule has 0 radical (unpaired) electrons. The van der Waals surface area contributed by atoms with Crippen LogP contribution in [0.1, 0.15) is 42.6 Å². The van der Waals surface area contributed by atoms with Crippen LogP contribution in [-0.4, -0.2) is 18.4 Å².